The van der Waals surface area contributed by atoms with Crippen LogP contribution in [0.15, 0.2) is 35.8 Å². The van der Waals surface area contributed by atoms with Crippen LogP contribution in [0.2, 0.25) is 0 Å². The van der Waals surface area contributed by atoms with E-state index >= 15 is 0 Å². The van der Waals surface area contributed by atoms with Gasteiger partial charge in [-0.05, 0) is 11.6 Å². The standard InChI is InChI=1S/C14H16N2OS/c1-2-12(11-16-5-7-17-8-6-16)10-13(3-1)14-15-4-9-18-14/h1-4,9-10H,5-8,11H2. The average molecular weight is 260 g/mol. The first kappa shape index (κ1) is 11.8. The highest BCUT2D eigenvalue weighted by Gasteiger charge is 2.11. The van der Waals surface area contributed by atoms with Crippen molar-refractivity contribution in [3.63, 3.8) is 0 Å². The molecule has 0 bridgehead atoms. The first-order valence-electron chi connectivity index (χ1n) is 6.21. The molecule has 94 valence electrons. The second-order valence-corrected chi connectivity index (χ2v) is 5.32. The van der Waals surface area contributed by atoms with Gasteiger partial charge < -0.3 is 4.74 Å². The lowest BCUT2D eigenvalue weighted by Gasteiger charge is -2.26. The van der Waals surface area contributed by atoms with E-state index in [1.165, 1.54) is 11.1 Å². The minimum atomic E-state index is 0.853. The van der Waals surface area contributed by atoms with Gasteiger partial charge in [0, 0.05) is 36.8 Å². The van der Waals surface area contributed by atoms with Crippen molar-refractivity contribution in [2.24, 2.45) is 0 Å². The van der Waals surface area contributed by atoms with Crippen molar-refractivity contribution < 1.29 is 4.74 Å². The molecular formula is C14H16N2OS. The number of rotatable bonds is 3. The van der Waals surface area contributed by atoms with E-state index in [1.54, 1.807) is 11.3 Å². The van der Waals surface area contributed by atoms with Crippen molar-refractivity contribution in [3.8, 4) is 10.6 Å². The minimum absolute atomic E-state index is 0.853. The molecule has 2 aromatic rings. The van der Waals surface area contributed by atoms with E-state index < -0.39 is 0 Å². The molecule has 1 aliphatic heterocycles. The predicted molar refractivity (Wildman–Crippen MR) is 73.6 cm³/mol. The highest BCUT2D eigenvalue weighted by molar-refractivity contribution is 7.13. The van der Waals surface area contributed by atoms with Crippen LogP contribution in [0, 0.1) is 0 Å². The van der Waals surface area contributed by atoms with Gasteiger partial charge in [0.05, 0.1) is 13.2 Å². The maximum absolute atomic E-state index is 5.37. The molecule has 18 heavy (non-hydrogen) atoms. The molecule has 0 atom stereocenters. The zero-order chi connectivity index (χ0) is 12.2. The first-order chi connectivity index (χ1) is 8.92. The van der Waals surface area contributed by atoms with E-state index in [-0.39, 0.29) is 0 Å². The van der Waals surface area contributed by atoms with Gasteiger partial charge >= 0.3 is 0 Å². The van der Waals surface area contributed by atoms with E-state index in [1.807, 2.05) is 11.6 Å². The second kappa shape index (κ2) is 5.61. The molecule has 0 N–H and O–H groups in total. The van der Waals surface area contributed by atoms with E-state index in [9.17, 15) is 0 Å². The Morgan fingerprint density at radius 1 is 1.28 bits per heavy atom. The SMILES string of the molecule is c1cc(CN2CCOCC2)cc(-c2nccs2)c1. The molecule has 0 unspecified atom stereocenters. The molecule has 1 saturated heterocycles. The van der Waals surface area contributed by atoms with Crippen molar-refractivity contribution >= 4 is 11.3 Å². The number of hydrogen-bond donors (Lipinski definition) is 0. The number of nitrogens with zero attached hydrogens (tertiary/aromatic N) is 2. The molecule has 1 aliphatic rings. The van der Waals surface area contributed by atoms with Crippen LogP contribution in [0.4, 0.5) is 0 Å². The number of aromatic nitrogens is 1. The van der Waals surface area contributed by atoms with Crippen LogP contribution in [0.5, 0.6) is 0 Å². The predicted octanol–water partition coefficient (Wildman–Crippen LogP) is 2.64. The summed E-state index contributed by atoms with van der Waals surface area (Å²) in [6.45, 7) is 4.77. The molecule has 0 radical (unpaired) electrons. The van der Waals surface area contributed by atoms with E-state index in [2.05, 4.69) is 34.1 Å². The van der Waals surface area contributed by atoms with Crippen LogP contribution in [0.25, 0.3) is 10.6 Å². The van der Waals surface area contributed by atoms with Crippen LogP contribution < -0.4 is 0 Å². The lowest BCUT2D eigenvalue weighted by molar-refractivity contribution is 0.0342. The van der Waals surface area contributed by atoms with E-state index in [0.29, 0.717) is 0 Å². The molecule has 1 aromatic heterocycles. The normalized spacial score (nSPS) is 16.9. The van der Waals surface area contributed by atoms with E-state index in [4.69, 9.17) is 4.74 Å². The van der Waals surface area contributed by atoms with Gasteiger partial charge in [0.15, 0.2) is 0 Å². The second-order valence-electron chi connectivity index (χ2n) is 4.43. The summed E-state index contributed by atoms with van der Waals surface area (Å²) in [5.74, 6) is 0. The third-order valence-electron chi connectivity index (χ3n) is 3.12. The van der Waals surface area contributed by atoms with Gasteiger partial charge in [-0.3, -0.25) is 4.90 Å². The zero-order valence-corrected chi connectivity index (χ0v) is 11.0. The maximum atomic E-state index is 5.37. The smallest absolute Gasteiger partial charge is 0.123 e. The van der Waals surface area contributed by atoms with Gasteiger partial charge in [-0.2, -0.15) is 0 Å². The number of ether oxygens (including phenoxy) is 1. The Labute approximate surface area is 111 Å². The Morgan fingerprint density at radius 2 is 2.17 bits per heavy atom. The molecule has 3 nitrogen and oxygen atoms in total. The van der Waals surface area contributed by atoms with Crippen molar-refractivity contribution in [1.29, 1.82) is 0 Å². The topological polar surface area (TPSA) is 25.4 Å². The highest BCUT2D eigenvalue weighted by atomic mass is 32.1. The molecule has 0 spiro atoms. The maximum Gasteiger partial charge on any atom is 0.123 e. The van der Waals surface area contributed by atoms with Gasteiger partial charge in [-0.15, -0.1) is 11.3 Å². The van der Waals surface area contributed by atoms with Crippen LogP contribution in [-0.4, -0.2) is 36.2 Å². The summed E-state index contributed by atoms with van der Waals surface area (Å²) in [7, 11) is 0. The third kappa shape index (κ3) is 2.77. The Hall–Kier alpha value is -1.23. The molecule has 0 amide bonds. The summed E-state index contributed by atoms with van der Waals surface area (Å²) in [5.41, 5.74) is 2.57. The lowest BCUT2D eigenvalue weighted by Crippen LogP contribution is -2.35. The quantitative estimate of drug-likeness (QED) is 0.848. The molecule has 0 saturated carbocycles. The summed E-state index contributed by atoms with van der Waals surface area (Å²) >= 11 is 1.69. The van der Waals surface area contributed by atoms with Crippen molar-refractivity contribution in [2.75, 3.05) is 26.3 Å². The third-order valence-corrected chi connectivity index (χ3v) is 3.94. The van der Waals surface area contributed by atoms with Crippen molar-refractivity contribution in [3.05, 3.63) is 41.4 Å². The summed E-state index contributed by atoms with van der Waals surface area (Å²) < 4.78 is 5.37. The van der Waals surface area contributed by atoms with Gasteiger partial charge in [0.25, 0.3) is 0 Å². The number of thiazole rings is 1. The molecule has 2 heterocycles. The highest BCUT2D eigenvalue weighted by Crippen LogP contribution is 2.23. The van der Waals surface area contributed by atoms with Gasteiger partial charge in [0.2, 0.25) is 0 Å². The molecule has 4 heteroatoms. The molecular weight excluding hydrogens is 244 g/mol. The monoisotopic (exact) mass is 260 g/mol. The van der Waals surface area contributed by atoms with Crippen LogP contribution >= 0.6 is 11.3 Å². The Kier molecular flexibility index (Phi) is 3.69. The first-order valence-corrected chi connectivity index (χ1v) is 7.09. The molecule has 1 fully saturated rings. The lowest BCUT2D eigenvalue weighted by atomic mass is 10.1. The fraction of sp³-hybridized carbons (Fsp3) is 0.357. The Morgan fingerprint density at radius 3 is 2.94 bits per heavy atom. The van der Waals surface area contributed by atoms with Crippen LogP contribution in [0.3, 0.4) is 0 Å². The van der Waals surface area contributed by atoms with E-state index in [0.717, 1.165) is 37.9 Å². The molecule has 3 rings (SSSR count). The largest absolute Gasteiger partial charge is 0.379 e. The number of morpholine rings is 1. The number of benzene rings is 1. The van der Waals surface area contributed by atoms with Crippen molar-refractivity contribution in [1.82, 2.24) is 9.88 Å². The molecule has 1 aromatic carbocycles. The summed E-state index contributed by atoms with van der Waals surface area (Å²) in [6, 6.07) is 8.68. The van der Waals surface area contributed by atoms with Gasteiger partial charge in [-0.1, -0.05) is 18.2 Å². The summed E-state index contributed by atoms with van der Waals surface area (Å²) in [4.78, 5) is 6.79. The minimum Gasteiger partial charge on any atom is -0.379 e. The Bertz CT molecular complexity index is 492. The van der Waals surface area contributed by atoms with Gasteiger partial charge in [0.1, 0.15) is 5.01 Å². The van der Waals surface area contributed by atoms with Gasteiger partial charge in [-0.25, -0.2) is 4.98 Å². The molecule has 0 aliphatic carbocycles. The number of hydrogen-bond acceptors (Lipinski definition) is 4. The average Bonchev–Trinajstić information content (AvgIpc) is 2.94. The van der Waals surface area contributed by atoms with Crippen LogP contribution in [-0.2, 0) is 11.3 Å². The van der Waals surface area contributed by atoms with Crippen molar-refractivity contribution in [2.45, 2.75) is 6.54 Å². The van der Waals surface area contributed by atoms with Crippen LogP contribution in [0.1, 0.15) is 5.56 Å². The summed E-state index contributed by atoms with van der Waals surface area (Å²) in [5, 5.41) is 3.11. The Balaban J connectivity index is 1.74. The fourth-order valence-corrected chi connectivity index (χ4v) is 2.82. The summed E-state index contributed by atoms with van der Waals surface area (Å²) in [6.07, 6.45) is 1.86. The fourth-order valence-electron chi connectivity index (χ4n) is 2.19. The zero-order valence-electron chi connectivity index (χ0n) is 10.2.